The third kappa shape index (κ3) is 1.82. The van der Waals surface area contributed by atoms with Crippen molar-refractivity contribution in [2.45, 2.75) is 36.2 Å². The van der Waals surface area contributed by atoms with Crippen LogP contribution in [0.15, 0.2) is 16.7 Å². The molecule has 0 saturated carbocycles. The second-order valence-electron chi connectivity index (χ2n) is 5.58. The van der Waals surface area contributed by atoms with Gasteiger partial charge < -0.3 is 0 Å². The molecule has 0 radical (unpaired) electrons. The Balaban J connectivity index is 2.01. The largest absolute Gasteiger partial charge is 0.278 e. The molecule has 2 heterocycles. The predicted octanol–water partition coefficient (Wildman–Crippen LogP) is 5.25. The van der Waals surface area contributed by atoms with Crippen molar-refractivity contribution < 1.29 is 0 Å². The van der Waals surface area contributed by atoms with Crippen molar-refractivity contribution in [2.75, 3.05) is 11.5 Å². The van der Waals surface area contributed by atoms with Gasteiger partial charge in [0.15, 0.2) is 0 Å². The number of aromatic amines is 1. The molecule has 0 amide bonds. The molecule has 5 heteroatoms. The summed E-state index contributed by atoms with van der Waals surface area (Å²) >= 11 is 8.18. The number of hydrogen-bond donors (Lipinski definition) is 1. The first-order chi connectivity index (χ1) is 9.75. The van der Waals surface area contributed by atoms with E-state index in [1.165, 1.54) is 46.1 Å². The Bertz CT molecular complexity index is 661. The number of thioether (sulfide) groups is 2. The van der Waals surface area contributed by atoms with Crippen molar-refractivity contribution >= 4 is 50.4 Å². The molecule has 2 aromatic rings. The van der Waals surface area contributed by atoms with E-state index in [2.05, 4.69) is 62.6 Å². The van der Waals surface area contributed by atoms with Crippen LogP contribution < -0.4 is 0 Å². The van der Waals surface area contributed by atoms with E-state index in [0.717, 1.165) is 0 Å². The molecule has 1 spiro atoms. The summed E-state index contributed by atoms with van der Waals surface area (Å²) in [5.74, 6) is 3.24. The SMILES string of the molecule is CC[C@@H]1CCC2(SCCS2)c2cc3[nH]ncc3c(Br)c21. The maximum atomic E-state index is 4.23. The molecule has 1 aromatic heterocycles. The average molecular weight is 369 g/mol. The van der Waals surface area contributed by atoms with E-state index in [1.54, 1.807) is 11.1 Å². The fourth-order valence-corrected chi connectivity index (χ4v) is 7.77. The van der Waals surface area contributed by atoms with Crippen LogP contribution in [-0.4, -0.2) is 21.7 Å². The van der Waals surface area contributed by atoms with Gasteiger partial charge in [0.25, 0.3) is 0 Å². The zero-order valence-corrected chi connectivity index (χ0v) is 14.6. The van der Waals surface area contributed by atoms with Crippen molar-refractivity contribution in [3.63, 3.8) is 0 Å². The molecule has 20 heavy (non-hydrogen) atoms. The number of H-pyrrole nitrogens is 1. The number of halogens is 1. The molecule has 1 aliphatic heterocycles. The molecule has 1 N–H and O–H groups in total. The lowest BCUT2D eigenvalue weighted by Gasteiger charge is -2.38. The molecule has 1 fully saturated rings. The zero-order chi connectivity index (χ0) is 13.7. The predicted molar refractivity (Wildman–Crippen MR) is 92.7 cm³/mol. The molecule has 2 nitrogen and oxygen atoms in total. The van der Waals surface area contributed by atoms with Crippen LogP contribution in [0.2, 0.25) is 0 Å². The van der Waals surface area contributed by atoms with E-state index in [-0.39, 0.29) is 0 Å². The first-order valence-electron chi connectivity index (χ1n) is 7.19. The normalized spacial score (nSPS) is 24.4. The van der Waals surface area contributed by atoms with Crippen molar-refractivity contribution in [2.24, 2.45) is 0 Å². The van der Waals surface area contributed by atoms with Crippen LogP contribution in [0.25, 0.3) is 10.9 Å². The maximum absolute atomic E-state index is 4.23. The first kappa shape index (κ1) is 13.5. The summed E-state index contributed by atoms with van der Waals surface area (Å²) in [7, 11) is 0. The minimum atomic E-state index is 0.294. The Morgan fingerprint density at radius 1 is 1.45 bits per heavy atom. The standard InChI is InChI=1S/C15H17BrN2S2/c1-2-9-3-4-15(19-5-6-20-15)11-7-12-10(8-17-18-12)14(16)13(9)11/h7-9H,2-6H2,1H3,(H,17,18)/t9-/m1/s1. The van der Waals surface area contributed by atoms with Crippen LogP contribution in [0.3, 0.4) is 0 Å². The summed E-state index contributed by atoms with van der Waals surface area (Å²) in [6.07, 6.45) is 5.79. The van der Waals surface area contributed by atoms with E-state index >= 15 is 0 Å². The van der Waals surface area contributed by atoms with Gasteiger partial charge >= 0.3 is 0 Å². The first-order valence-corrected chi connectivity index (χ1v) is 9.95. The van der Waals surface area contributed by atoms with Crippen LogP contribution in [0, 0.1) is 0 Å². The van der Waals surface area contributed by atoms with Crippen LogP contribution >= 0.6 is 39.5 Å². The Labute approximate surface area is 136 Å². The molecule has 1 atom stereocenters. The molecule has 0 unspecified atom stereocenters. The summed E-state index contributed by atoms with van der Waals surface area (Å²) < 4.78 is 1.57. The van der Waals surface area contributed by atoms with Gasteiger partial charge in [-0.2, -0.15) is 5.10 Å². The highest BCUT2D eigenvalue weighted by Gasteiger charge is 2.44. The Morgan fingerprint density at radius 3 is 3.00 bits per heavy atom. The van der Waals surface area contributed by atoms with Gasteiger partial charge in [0.05, 0.1) is 15.8 Å². The van der Waals surface area contributed by atoms with Crippen molar-refractivity contribution in [3.8, 4) is 0 Å². The van der Waals surface area contributed by atoms with E-state index in [0.29, 0.717) is 10.00 Å². The zero-order valence-electron chi connectivity index (χ0n) is 11.4. The lowest BCUT2D eigenvalue weighted by molar-refractivity contribution is 0.518. The number of aromatic nitrogens is 2. The van der Waals surface area contributed by atoms with Gasteiger partial charge in [0, 0.05) is 21.4 Å². The van der Waals surface area contributed by atoms with Crippen LogP contribution in [0.4, 0.5) is 0 Å². The van der Waals surface area contributed by atoms with Gasteiger partial charge in [0.1, 0.15) is 0 Å². The molecule has 0 bridgehead atoms. The van der Waals surface area contributed by atoms with Gasteiger partial charge in [-0.1, -0.05) is 6.92 Å². The molecular weight excluding hydrogens is 352 g/mol. The lowest BCUT2D eigenvalue weighted by Crippen LogP contribution is -2.25. The van der Waals surface area contributed by atoms with E-state index in [4.69, 9.17) is 0 Å². The average Bonchev–Trinajstić information content (AvgIpc) is 3.10. The number of fused-ring (bicyclic) bond motifs is 3. The second kappa shape index (κ2) is 4.96. The number of benzene rings is 1. The number of nitrogens with zero attached hydrogens (tertiary/aromatic N) is 1. The van der Waals surface area contributed by atoms with Crippen molar-refractivity contribution in [3.05, 3.63) is 27.9 Å². The molecule has 106 valence electrons. The van der Waals surface area contributed by atoms with E-state index < -0.39 is 0 Å². The number of hydrogen-bond acceptors (Lipinski definition) is 3. The van der Waals surface area contributed by atoms with Crippen molar-refractivity contribution in [1.29, 1.82) is 0 Å². The molecule has 4 rings (SSSR count). The topological polar surface area (TPSA) is 28.7 Å². The van der Waals surface area contributed by atoms with Gasteiger partial charge in [-0.05, 0) is 58.3 Å². The lowest BCUT2D eigenvalue weighted by atomic mass is 9.80. The maximum Gasteiger partial charge on any atom is 0.0864 e. The minimum Gasteiger partial charge on any atom is -0.278 e. The molecule has 1 aliphatic carbocycles. The second-order valence-corrected chi connectivity index (χ2v) is 9.42. The summed E-state index contributed by atoms with van der Waals surface area (Å²) in [5.41, 5.74) is 4.26. The fraction of sp³-hybridized carbons (Fsp3) is 0.533. The highest BCUT2D eigenvalue weighted by molar-refractivity contribution is 9.10. The van der Waals surface area contributed by atoms with Gasteiger partial charge in [0.2, 0.25) is 0 Å². The van der Waals surface area contributed by atoms with Gasteiger partial charge in [-0.25, -0.2) is 0 Å². The van der Waals surface area contributed by atoms with Gasteiger partial charge in [-0.3, -0.25) is 5.10 Å². The third-order valence-corrected chi connectivity index (χ3v) is 9.02. The Kier molecular flexibility index (Phi) is 3.35. The van der Waals surface area contributed by atoms with E-state index in [9.17, 15) is 0 Å². The summed E-state index contributed by atoms with van der Waals surface area (Å²) in [6, 6.07) is 2.37. The summed E-state index contributed by atoms with van der Waals surface area (Å²) in [6.45, 7) is 2.31. The summed E-state index contributed by atoms with van der Waals surface area (Å²) in [5, 5.41) is 8.61. The highest BCUT2D eigenvalue weighted by Crippen LogP contribution is 2.61. The third-order valence-electron chi connectivity index (χ3n) is 4.61. The highest BCUT2D eigenvalue weighted by atomic mass is 79.9. The Morgan fingerprint density at radius 2 is 2.25 bits per heavy atom. The molecule has 1 aromatic carbocycles. The molecule has 2 aliphatic rings. The summed E-state index contributed by atoms with van der Waals surface area (Å²) in [4.78, 5) is 0. The van der Waals surface area contributed by atoms with E-state index in [1.807, 2.05) is 6.20 Å². The van der Waals surface area contributed by atoms with Crippen LogP contribution in [0.1, 0.15) is 43.2 Å². The van der Waals surface area contributed by atoms with Crippen molar-refractivity contribution in [1.82, 2.24) is 10.2 Å². The molecule has 1 saturated heterocycles. The monoisotopic (exact) mass is 368 g/mol. The van der Waals surface area contributed by atoms with Crippen LogP contribution in [-0.2, 0) is 4.08 Å². The van der Waals surface area contributed by atoms with Crippen LogP contribution in [0.5, 0.6) is 0 Å². The Hall–Kier alpha value is -0.130. The number of rotatable bonds is 1. The van der Waals surface area contributed by atoms with Gasteiger partial charge in [-0.15, -0.1) is 23.5 Å². The fourth-order valence-electron chi connectivity index (χ4n) is 3.59. The number of nitrogens with one attached hydrogen (secondary N) is 1. The minimum absolute atomic E-state index is 0.294. The molecular formula is C15H17BrN2S2. The quantitative estimate of drug-likeness (QED) is 0.745. The smallest absolute Gasteiger partial charge is 0.0864 e.